The van der Waals surface area contributed by atoms with E-state index in [4.69, 9.17) is 15.6 Å². The average Bonchev–Trinajstić information content (AvgIpc) is 1.90. The third kappa shape index (κ3) is 1.80. The fraction of sp³-hybridized carbons (Fsp3) is 0.800. The maximum atomic E-state index is 7.10. The quantitative estimate of drug-likeness (QED) is 0.309. The summed E-state index contributed by atoms with van der Waals surface area (Å²) >= 11 is 0. The van der Waals surface area contributed by atoms with Gasteiger partial charge in [0.25, 0.3) is 0 Å². The number of rotatable bonds is 1. The first-order valence-corrected chi connectivity index (χ1v) is 5.13. The lowest BCUT2D eigenvalue weighted by Crippen LogP contribution is -2.37. The number of nitrogens with two attached hydrogens (primary N) is 1. The minimum Gasteiger partial charge on any atom is -0.412 e. The van der Waals surface area contributed by atoms with Crippen molar-refractivity contribution in [1.29, 1.82) is 5.41 Å². The Hall–Kier alpha value is -0.353. The Balaban J connectivity index is 2.31. The van der Waals surface area contributed by atoms with Gasteiger partial charge in [0.1, 0.15) is 0 Å². The maximum Gasteiger partial charge on any atom is 0.246 e. The Labute approximate surface area is 56.4 Å². The van der Waals surface area contributed by atoms with E-state index in [1.54, 1.807) is 0 Å². The van der Waals surface area contributed by atoms with Crippen molar-refractivity contribution in [2.45, 2.75) is 18.9 Å². The predicted molar refractivity (Wildman–Crippen MR) is 39.1 cm³/mol. The van der Waals surface area contributed by atoms with E-state index in [0.29, 0.717) is 5.46 Å². The normalized spacial score (nSPS) is 27.8. The molecule has 0 radical (unpaired) electrons. The van der Waals surface area contributed by atoms with Gasteiger partial charge in [-0.2, -0.15) is 0 Å². The van der Waals surface area contributed by atoms with Gasteiger partial charge in [-0.1, -0.05) is 6.42 Å². The Kier molecular flexibility index (Phi) is 2.24. The summed E-state index contributed by atoms with van der Waals surface area (Å²) in [6, 6.07) is 1.06. The van der Waals surface area contributed by atoms with Gasteiger partial charge in [-0.15, -0.1) is 0 Å². The number of hydrogen-bond acceptors (Lipinski definition) is 2. The largest absolute Gasteiger partial charge is 0.412 e. The summed E-state index contributed by atoms with van der Waals surface area (Å²) in [5, 5.41) is 7.10. The molecular weight excluding hydrogens is 132 g/mol. The van der Waals surface area contributed by atoms with Crippen LogP contribution in [0.1, 0.15) is 12.8 Å². The van der Waals surface area contributed by atoms with Gasteiger partial charge < -0.3 is 10.2 Å². The van der Waals surface area contributed by atoms with Crippen LogP contribution in [0.3, 0.4) is 0 Å². The summed E-state index contributed by atoms with van der Waals surface area (Å²) < 4.78 is 5.33. The third-order valence-electron chi connectivity index (χ3n) is 1.53. The van der Waals surface area contributed by atoms with E-state index in [9.17, 15) is 0 Å². The molecule has 1 rings (SSSR count). The highest BCUT2D eigenvalue weighted by Gasteiger charge is 2.18. The zero-order chi connectivity index (χ0) is 6.69. The van der Waals surface area contributed by atoms with E-state index in [1.807, 2.05) is 0 Å². The van der Waals surface area contributed by atoms with Crippen molar-refractivity contribution in [2.75, 3.05) is 6.61 Å². The Morgan fingerprint density at radius 2 is 2.33 bits per heavy atom. The summed E-state index contributed by atoms with van der Waals surface area (Å²) in [6.07, 6.45) is 2.35. The SMILES string of the molecule is N=C(N)[SiH]1CCCCO1. The molecule has 0 saturated carbocycles. The van der Waals surface area contributed by atoms with Gasteiger partial charge in [0, 0.05) is 6.61 Å². The second-order valence-electron chi connectivity index (χ2n) is 2.31. The van der Waals surface area contributed by atoms with Crippen molar-refractivity contribution in [3.05, 3.63) is 0 Å². The molecule has 0 amide bonds. The molecule has 9 heavy (non-hydrogen) atoms. The average molecular weight is 144 g/mol. The van der Waals surface area contributed by atoms with Crippen LogP contribution in [0.5, 0.6) is 0 Å². The highest BCUT2D eigenvalue weighted by atomic mass is 28.3. The lowest BCUT2D eigenvalue weighted by molar-refractivity contribution is 0.296. The Morgan fingerprint density at radius 1 is 1.56 bits per heavy atom. The molecule has 0 aromatic heterocycles. The van der Waals surface area contributed by atoms with Crippen LogP contribution < -0.4 is 5.73 Å². The first kappa shape index (κ1) is 6.76. The first-order chi connectivity index (χ1) is 4.30. The van der Waals surface area contributed by atoms with Crippen LogP contribution in [0, 0.1) is 5.41 Å². The molecule has 0 bridgehead atoms. The molecule has 1 heterocycles. The van der Waals surface area contributed by atoms with Gasteiger partial charge in [-0.25, -0.2) is 0 Å². The van der Waals surface area contributed by atoms with Crippen molar-refractivity contribution in [3.8, 4) is 0 Å². The smallest absolute Gasteiger partial charge is 0.246 e. The Bertz CT molecular complexity index is 112. The van der Waals surface area contributed by atoms with E-state index in [1.165, 1.54) is 6.42 Å². The molecule has 0 aromatic rings. The lowest BCUT2D eigenvalue weighted by Gasteiger charge is -2.18. The van der Waals surface area contributed by atoms with Crippen LogP contribution >= 0.6 is 0 Å². The molecule has 0 aliphatic carbocycles. The van der Waals surface area contributed by atoms with E-state index < -0.39 is 9.04 Å². The summed E-state index contributed by atoms with van der Waals surface area (Å²) in [6.45, 7) is 0.830. The Morgan fingerprint density at radius 3 is 2.67 bits per heavy atom. The molecule has 1 atom stereocenters. The van der Waals surface area contributed by atoms with Crippen LogP contribution in [0.2, 0.25) is 6.04 Å². The molecule has 1 aliphatic heterocycles. The first-order valence-electron chi connectivity index (χ1n) is 3.26. The highest BCUT2D eigenvalue weighted by Crippen LogP contribution is 2.09. The van der Waals surface area contributed by atoms with Crippen LogP contribution in [-0.4, -0.2) is 21.1 Å². The summed E-state index contributed by atoms with van der Waals surface area (Å²) in [5.41, 5.74) is 5.60. The molecule has 4 heteroatoms. The van der Waals surface area contributed by atoms with Crippen molar-refractivity contribution < 1.29 is 4.43 Å². The van der Waals surface area contributed by atoms with Gasteiger partial charge in [0.15, 0.2) is 0 Å². The fourth-order valence-electron chi connectivity index (χ4n) is 0.986. The van der Waals surface area contributed by atoms with Crippen LogP contribution in [0.4, 0.5) is 0 Å². The van der Waals surface area contributed by atoms with Gasteiger partial charge in [0.2, 0.25) is 9.04 Å². The molecule has 52 valence electrons. The summed E-state index contributed by atoms with van der Waals surface area (Å²) in [5.74, 6) is 0. The topological polar surface area (TPSA) is 59.1 Å². The van der Waals surface area contributed by atoms with E-state index in [2.05, 4.69) is 0 Å². The van der Waals surface area contributed by atoms with E-state index in [-0.39, 0.29) is 0 Å². The second-order valence-corrected chi connectivity index (χ2v) is 4.82. The molecular formula is C5H12N2OSi. The zero-order valence-corrected chi connectivity index (χ0v) is 6.55. The molecule has 0 spiro atoms. The van der Waals surface area contributed by atoms with Gasteiger partial charge >= 0.3 is 0 Å². The van der Waals surface area contributed by atoms with E-state index >= 15 is 0 Å². The molecule has 1 aliphatic rings. The monoisotopic (exact) mass is 144 g/mol. The van der Waals surface area contributed by atoms with Gasteiger partial charge in [-0.05, 0) is 12.5 Å². The second kappa shape index (κ2) is 2.98. The standard InChI is InChI=1S/C5H12N2OSi/c6-5(7)9-4-2-1-3-8-9/h9H,1-4H2,(H3,6,7). The molecule has 0 aromatic carbocycles. The fourth-order valence-corrected chi connectivity index (χ4v) is 2.75. The predicted octanol–water partition coefficient (Wildman–Crippen LogP) is -0.00423. The van der Waals surface area contributed by atoms with Crippen molar-refractivity contribution in [1.82, 2.24) is 0 Å². The number of hydrogen-bond donors (Lipinski definition) is 2. The van der Waals surface area contributed by atoms with Crippen LogP contribution in [0.25, 0.3) is 0 Å². The number of amidine groups is 1. The van der Waals surface area contributed by atoms with Gasteiger partial charge in [-0.3, -0.25) is 5.41 Å². The molecule has 1 saturated heterocycles. The van der Waals surface area contributed by atoms with E-state index in [0.717, 1.165) is 19.1 Å². The molecule has 1 fully saturated rings. The minimum absolute atomic E-state index is 0.315. The highest BCUT2D eigenvalue weighted by molar-refractivity contribution is 6.85. The minimum atomic E-state index is -1.34. The third-order valence-corrected chi connectivity index (χ3v) is 3.79. The summed E-state index contributed by atoms with van der Waals surface area (Å²) in [4.78, 5) is 0. The van der Waals surface area contributed by atoms with Crippen molar-refractivity contribution in [2.24, 2.45) is 5.73 Å². The van der Waals surface area contributed by atoms with Crippen LogP contribution in [-0.2, 0) is 4.43 Å². The van der Waals surface area contributed by atoms with Gasteiger partial charge in [0.05, 0.1) is 5.46 Å². The lowest BCUT2D eigenvalue weighted by atomic mass is 10.4. The maximum absolute atomic E-state index is 7.10. The summed E-state index contributed by atoms with van der Waals surface area (Å²) in [7, 11) is -1.34. The van der Waals surface area contributed by atoms with Crippen molar-refractivity contribution >= 4 is 14.5 Å². The van der Waals surface area contributed by atoms with Crippen LogP contribution in [0.15, 0.2) is 0 Å². The molecule has 3 nitrogen and oxygen atoms in total. The molecule has 3 N–H and O–H groups in total. The molecule has 1 unspecified atom stereocenters. The zero-order valence-electron chi connectivity index (χ0n) is 5.39. The number of nitrogens with one attached hydrogen (secondary N) is 1. The van der Waals surface area contributed by atoms with Crippen molar-refractivity contribution in [3.63, 3.8) is 0 Å².